The van der Waals surface area contributed by atoms with Crippen LogP contribution in [-0.4, -0.2) is 46.8 Å². The first kappa shape index (κ1) is 23.2. The molecular weight excluding hydrogens is 420 g/mol. The molecular formula is C23H25F2N3O4. The summed E-state index contributed by atoms with van der Waals surface area (Å²) in [5.41, 5.74) is -0.108. The second-order valence-corrected chi connectivity index (χ2v) is 7.95. The van der Waals surface area contributed by atoms with E-state index < -0.39 is 30.6 Å². The van der Waals surface area contributed by atoms with Gasteiger partial charge in [-0.15, -0.1) is 0 Å². The molecule has 0 radical (unpaired) electrons. The molecule has 0 saturated carbocycles. The normalized spacial score (nSPS) is 18.3. The molecule has 0 aliphatic carbocycles. The van der Waals surface area contributed by atoms with E-state index in [1.807, 2.05) is 44.2 Å². The minimum atomic E-state index is -2.97. The van der Waals surface area contributed by atoms with E-state index in [-0.39, 0.29) is 17.7 Å². The van der Waals surface area contributed by atoms with Gasteiger partial charge in [0.25, 0.3) is 5.91 Å². The molecule has 32 heavy (non-hydrogen) atoms. The quantitative estimate of drug-likeness (QED) is 0.631. The summed E-state index contributed by atoms with van der Waals surface area (Å²) in [4.78, 5) is 41.2. The van der Waals surface area contributed by atoms with E-state index in [1.54, 1.807) is 4.90 Å². The summed E-state index contributed by atoms with van der Waals surface area (Å²) in [5, 5.41) is 2.61. The van der Waals surface area contributed by atoms with Gasteiger partial charge in [-0.25, -0.2) is 4.79 Å². The van der Waals surface area contributed by atoms with Gasteiger partial charge < -0.3 is 15.0 Å². The highest BCUT2D eigenvalue weighted by Crippen LogP contribution is 2.30. The Kier molecular flexibility index (Phi) is 6.76. The summed E-state index contributed by atoms with van der Waals surface area (Å²) in [7, 11) is 0. The second-order valence-electron chi connectivity index (χ2n) is 7.95. The van der Waals surface area contributed by atoms with Crippen molar-refractivity contribution in [2.45, 2.75) is 45.5 Å². The van der Waals surface area contributed by atoms with Crippen molar-refractivity contribution >= 4 is 17.8 Å². The van der Waals surface area contributed by atoms with E-state index in [2.05, 4.69) is 10.1 Å². The van der Waals surface area contributed by atoms with Crippen molar-refractivity contribution in [1.29, 1.82) is 0 Å². The lowest BCUT2D eigenvalue weighted by Crippen LogP contribution is -2.46. The SMILES string of the molecule is CC(C)N(Cc1ccccc1)C(=O)CN1C(=O)N[C@](C)(c2ccc(OC(F)F)cc2)C1=O. The summed E-state index contributed by atoms with van der Waals surface area (Å²) in [6.45, 7) is 2.21. The number of nitrogens with one attached hydrogen (secondary N) is 1. The van der Waals surface area contributed by atoms with Gasteiger partial charge in [-0.05, 0) is 44.0 Å². The number of alkyl halides is 2. The Bertz CT molecular complexity index is 982. The average molecular weight is 445 g/mol. The highest BCUT2D eigenvalue weighted by molar-refractivity contribution is 6.09. The Morgan fingerprint density at radius 2 is 1.72 bits per heavy atom. The number of hydrogen-bond donors (Lipinski definition) is 1. The summed E-state index contributed by atoms with van der Waals surface area (Å²) in [6, 6.07) is 14.0. The highest BCUT2D eigenvalue weighted by Gasteiger charge is 2.49. The van der Waals surface area contributed by atoms with Crippen LogP contribution in [0, 0.1) is 0 Å². The van der Waals surface area contributed by atoms with Crippen molar-refractivity contribution in [3.05, 3.63) is 65.7 Å². The fraction of sp³-hybridized carbons (Fsp3) is 0.348. The monoisotopic (exact) mass is 445 g/mol. The van der Waals surface area contributed by atoms with Gasteiger partial charge in [0, 0.05) is 12.6 Å². The smallest absolute Gasteiger partial charge is 0.387 e. The number of rotatable bonds is 8. The number of urea groups is 1. The van der Waals surface area contributed by atoms with Crippen molar-refractivity contribution in [2.75, 3.05) is 6.54 Å². The maximum atomic E-state index is 13.1. The molecule has 7 nitrogen and oxygen atoms in total. The lowest BCUT2D eigenvalue weighted by atomic mass is 9.92. The van der Waals surface area contributed by atoms with Crippen LogP contribution in [-0.2, 0) is 21.7 Å². The number of imide groups is 1. The number of amides is 4. The molecule has 1 N–H and O–H groups in total. The molecule has 2 aromatic carbocycles. The third kappa shape index (κ3) is 4.87. The number of benzene rings is 2. The molecule has 1 aliphatic heterocycles. The second kappa shape index (κ2) is 9.33. The van der Waals surface area contributed by atoms with Gasteiger partial charge in [0.1, 0.15) is 17.8 Å². The van der Waals surface area contributed by atoms with E-state index in [0.29, 0.717) is 12.1 Å². The van der Waals surface area contributed by atoms with Crippen molar-refractivity contribution < 1.29 is 27.9 Å². The predicted molar refractivity (Wildman–Crippen MR) is 113 cm³/mol. The molecule has 0 unspecified atom stereocenters. The van der Waals surface area contributed by atoms with Crippen LogP contribution in [0.4, 0.5) is 13.6 Å². The average Bonchev–Trinajstić information content (AvgIpc) is 2.96. The Morgan fingerprint density at radius 3 is 2.28 bits per heavy atom. The Hall–Kier alpha value is -3.49. The summed E-state index contributed by atoms with van der Waals surface area (Å²) in [6.07, 6.45) is 0. The maximum Gasteiger partial charge on any atom is 0.387 e. The van der Waals surface area contributed by atoms with Crippen molar-refractivity contribution in [1.82, 2.24) is 15.1 Å². The third-order valence-electron chi connectivity index (χ3n) is 5.36. The van der Waals surface area contributed by atoms with Crippen molar-refractivity contribution in [3.63, 3.8) is 0 Å². The van der Waals surface area contributed by atoms with Crippen LogP contribution in [0.25, 0.3) is 0 Å². The van der Waals surface area contributed by atoms with Gasteiger partial charge in [0.2, 0.25) is 5.91 Å². The molecule has 1 atom stereocenters. The van der Waals surface area contributed by atoms with E-state index in [9.17, 15) is 23.2 Å². The van der Waals surface area contributed by atoms with Crippen LogP contribution in [0.5, 0.6) is 5.75 Å². The van der Waals surface area contributed by atoms with Crippen LogP contribution in [0.2, 0.25) is 0 Å². The van der Waals surface area contributed by atoms with Crippen LogP contribution < -0.4 is 10.1 Å². The van der Waals surface area contributed by atoms with Crippen LogP contribution in [0.15, 0.2) is 54.6 Å². The zero-order chi connectivity index (χ0) is 23.5. The minimum absolute atomic E-state index is 0.0651. The van der Waals surface area contributed by atoms with Crippen LogP contribution in [0.1, 0.15) is 31.9 Å². The van der Waals surface area contributed by atoms with E-state index in [0.717, 1.165) is 10.5 Å². The summed E-state index contributed by atoms with van der Waals surface area (Å²) in [5.74, 6) is -1.02. The summed E-state index contributed by atoms with van der Waals surface area (Å²) >= 11 is 0. The lowest BCUT2D eigenvalue weighted by Gasteiger charge is -2.28. The zero-order valence-corrected chi connectivity index (χ0v) is 18.0. The number of halogens is 2. The minimum Gasteiger partial charge on any atom is -0.435 e. The van der Waals surface area contributed by atoms with Gasteiger partial charge in [-0.1, -0.05) is 42.5 Å². The number of carbonyl (C=O) groups excluding carboxylic acids is 3. The molecule has 9 heteroatoms. The van der Waals surface area contributed by atoms with Crippen LogP contribution >= 0.6 is 0 Å². The van der Waals surface area contributed by atoms with Gasteiger partial charge >= 0.3 is 12.6 Å². The molecule has 0 bridgehead atoms. The Labute approximate surface area is 184 Å². The molecule has 0 aromatic heterocycles. The first-order valence-electron chi connectivity index (χ1n) is 10.1. The Morgan fingerprint density at radius 1 is 1.09 bits per heavy atom. The highest BCUT2D eigenvalue weighted by atomic mass is 19.3. The fourth-order valence-electron chi connectivity index (χ4n) is 3.57. The van der Waals surface area contributed by atoms with E-state index in [1.165, 1.54) is 31.2 Å². The zero-order valence-electron chi connectivity index (χ0n) is 18.0. The Balaban J connectivity index is 1.75. The van der Waals surface area contributed by atoms with Crippen LogP contribution in [0.3, 0.4) is 0 Å². The van der Waals surface area contributed by atoms with E-state index >= 15 is 0 Å². The molecule has 3 rings (SSSR count). The number of carbonyl (C=O) groups is 3. The lowest BCUT2D eigenvalue weighted by molar-refractivity contribution is -0.140. The van der Waals surface area contributed by atoms with Gasteiger partial charge in [-0.3, -0.25) is 14.5 Å². The van der Waals surface area contributed by atoms with Gasteiger partial charge in [0.05, 0.1) is 0 Å². The van der Waals surface area contributed by atoms with Crippen molar-refractivity contribution in [2.24, 2.45) is 0 Å². The number of hydrogen-bond acceptors (Lipinski definition) is 4. The van der Waals surface area contributed by atoms with Gasteiger partial charge in [-0.2, -0.15) is 8.78 Å². The number of ether oxygens (including phenoxy) is 1. The fourth-order valence-corrected chi connectivity index (χ4v) is 3.57. The molecule has 4 amide bonds. The molecule has 1 saturated heterocycles. The molecule has 1 aliphatic rings. The predicted octanol–water partition coefficient (Wildman–Crippen LogP) is 3.49. The molecule has 1 fully saturated rings. The molecule has 170 valence electrons. The third-order valence-corrected chi connectivity index (χ3v) is 5.36. The van der Waals surface area contributed by atoms with E-state index in [4.69, 9.17) is 0 Å². The standard InChI is InChI=1S/C23H25F2N3O4/c1-15(2)27(13-16-7-5-4-6-8-16)19(29)14-28-20(30)23(3,26-22(28)31)17-9-11-18(12-10-17)32-21(24)25/h4-12,15,21H,13-14H2,1-3H3,(H,26,31)/t23-/m1/s1. The van der Waals surface area contributed by atoms with Gasteiger partial charge in [0.15, 0.2) is 0 Å². The molecule has 0 spiro atoms. The maximum absolute atomic E-state index is 13.1. The first-order valence-corrected chi connectivity index (χ1v) is 10.1. The first-order chi connectivity index (χ1) is 15.1. The number of nitrogens with zero attached hydrogens (tertiary/aromatic N) is 2. The van der Waals surface area contributed by atoms with Crippen molar-refractivity contribution in [3.8, 4) is 5.75 Å². The summed E-state index contributed by atoms with van der Waals surface area (Å²) < 4.78 is 29.1. The largest absolute Gasteiger partial charge is 0.435 e. The molecule has 1 heterocycles. The topological polar surface area (TPSA) is 79.0 Å². The molecule has 2 aromatic rings.